The number of nitriles is 1. The van der Waals surface area contributed by atoms with Crippen molar-refractivity contribution in [3.8, 4) is 28.3 Å². The van der Waals surface area contributed by atoms with Gasteiger partial charge in [0.25, 0.3) is 0 Å². The van der Waals surface area contributed by atoms with Crippen molar-refractivity contribution in [2.45, 2.75) is 21.1 Å². The normalized spacial score (nSPS) is 21.3. The van der Waals surface area contributed by atoms with E-state index in [2.05, 4.69) is 115 Å². The summed E-state index contributed by atoms with van der Waals surface area (Å²) in [6, 6.07) is 43.5. The van der Waals surface area contributed by atoms with E-state index >= 15 is 0 Å². The summed E-state index contributed by atoms with van der Waals surface area (Å²) in [6.45, 7) is 0. The van der Waals surface area contributed by atoms with Crippen LogP contribution in [-0.4, -0.2) is 0 Å². The van der Waals surface area contributed by atoms with E-state index in [9.17, 15) is 0 Å². The molecule has 8 rings (SSSR count). The smallest absolute Gasteiger partial charge is 0.0991 e. The minimum absolute atomic E-state index is 0.136. The van der Waals surface area contributed by atoms with E-state index in [1.807, 2.05) is 36.0 Å². The monoisotopic (exact) mass is 561 g/mol. The van der Waals surface area contributed by atoms with E-state index in [4.69, 9.17) is 16.9 Å². The van der Waals surface area contributed by atoms with Gasteiger partial charge < -0.3 is 0 Å². The molecule has 5 aromatic carbocycles. The molecule has 0 saturated heterocycles. The summed E-state index contributed by atoms with van der Waals surface area (Å²) in [5, 5.41) is 10.1. The lowest BCUT2D eigenvalue weighted by atomic mass is 9.62. The molecule has 1 nitrogen and oxygen atoms in total. The molecule has 0 aromatic heterocycles. The third kappa shape index (κ3) is 3.50. The first-order chi connectivity index (χ1) is 20.2. The fraction of sp³-hybridized carbons (Fsp3) is 0.0789. The molecule has 3 heteroatoms. The Balaban J connectivity index is 1.33. The van der Waals surface area contributed by atoms with Crippen LogP contribution < -0.4 is 0 Å². The van der Waals surface area contributed by atoms with Crippen molar-refractivity contribution in [3.05, 3.63) is 166 Å². The zero-order valence-corrected chi connectivity index (χ0v) is 23.7. The van der Waals surface area contributed by atoms with Crippen LogP contribution in [0.5, 0.6) is 0 Å². The van der Waals surface area contributed by atoms with Crippen LogP contribution in [0.15, 0.2) is 148 Å². The second-order valence-electron chi connectivity index (χ2n) is 10.9. The molecule has 1 heterocycles. The van der Waals surface area contributed by atoms with E-state index in [0.29, 0.717) is 5.56 Å². The maximum Gasteiger partial charge on any atom is 0.0991 e. The van der Waals surface area contributed by atoms with Crippen LogP contribution in [0.1, 0.15) is 33.7 Å². The van der Waals surface area contributed by atoms with Crippen molar-refractivity contribution in [2.24, 2.45) is 5.92 Å². The van der Waals surface area contributed by atoms with Crippen LogP contribution in [0.2, 0.25) is 0 Å². The van der Waals surface area contributed by atoms with Crippen molar-refractivity contribution in [1.82, 2.24) is 0 Å². The second-order valence-corrected chi connectivity index (χ2v) is 12.4. The number of fused-ring (bicyclic) bond motifs is 9. The van der Waals surface area contributed by atoms with Gasteiger partial charge in [-0.2, -0.15) is 5.26 Å². The Kier molecular flexibility index (Phi) is 5.61. The average Bonchev–Trinajstić information content (AvgIpc) is 3.33. The summed E-state index contributed by atoms with van der Waals surface area (Å²) in [4.78, 5) is 2.61. The quantitative estimate of drug-likeness (QED) is 0.214. The van der Waals surface area contributed by atoms with Gasteiger partial charge in [0, 0.05) is 26.7 Å². The standard InChI is InChI=1S/C38H24ClNS/c39-34-13-6-11-32-36(34)29-7-1-2-9-30(29)38(32)31-10-3-4-14-35(31)41-37-28(8-5-12-33(37)38)27-21-19-26(20-22-27)25-17-15-24(23-40)16-18-25/h1-22,32,36H. The zero-order chi connectivity index (χ0) is 27.6. The van der Waals surface area contributed by atoms with E-state index in [1.54, 1.807) is 0 Å². The third-order valence-corrected chi connectivity index (χ3v) is 10.5. The van der Waals surface area contributed by atoms with Gasteiger partial charge in [-0.25, -0.2) is 0 Å². The first kappa shape index (κ1) is 24.5. The Hall–Kier alpha value is -4.29. The van der Waals surface area contributed by atoms with Gasteiger partial charge in [-0.15, -0.1) is 0 Å². The van der Waals surface area contributed by atoms with Crippen molar-refractivity contribution in [2.75, 3.05) is 0 Å². The molecule has 3 aliphatic rings. The lowest BCUT2D eigenvalue weighted by Gasteiger charge is -2.44. The Morgan fingerprint density at radius 1 is 0.683 bits per heavy atom. The maximum absolute atomic E-state index is 9.16. The third-order valence-electron chi connectivity index (χ3n) is 8.96. The van der Waals surface area contributed by atoms with E-state index in [1.165, 1.54) is 43.2 Å². The SMILES string of the molecule is N#Cc1ccc(-c2ccc(-c3cccc4c3Sc3ccccc3C43c4ccccc4C4C(Cl)=CC=CC43)cc2)cc1. The summed E-state index contributed by atoms with van der Waals surface area (Å²) in [6.07, 6.45) is 6.59. The highest BCUT2D eigenvalue weighted by Crippen LogP contribution is 2.66. The van der Waals surface area contributed by atoms with Crippen LogP contribution in [0, 0.1) is 17.2 Å². The number of rotatable bonds is 2. The Morgan fingerprint density at radius 3 is 2.12 bits per heavy atom. The van der Waals surface area contributed by atoms with Gasteiger partial charge in [0.15, 0.2) is 0 Å². The zero-order valence-electron chi connectivity index (χ0n) is 22.1. The van der Waals surface area contributed by atoms with Gasteiger partial charge in [0.2, 0.25) is 0 Å². The number of nitrogens with zero attached hydrogens (tertiary/aromatic N) is 1. The first-order valence-electron chi connectivity index (χ1n) is 13.9. The van der Waals surface area contributed by atoms with Gasteiger partial charge in [-0.05, 0) is 68.8 Å². The van der Waals surface area contributed by atoms with Crippen molar-refractivity contribution in [1.29, 1.82) is 5.26 Å². The molecule has 0 fully saturated rings. The molecule has 0 amide bonds. The average molecular weight is 562 g/mol. The van der Waals surface area contributed by atoms with Crippen molar-refractivity contribution in [3.63, 3.8) is 0 Å². The predicted molar refractivity (Wildman–Crippen MR) is 168 cm³/mol. The van der Waals surface area contributed by atoms with E-state index < -0.39 is 0 Å². The fourth-order valence-electron chi connectivity index (χ4n) is 7.25. The second kappa shape index (κ2) is 9.38. The summed E-state index contributed by atoms with van der Waals surface area (Å²) in [5.74, 6) is 0.324. The topological polar surface area (TPSA) is 23.8 Å². The molecule has 194 valence electrons. The van der Waals surface area contributed by atoms with Crippen LogP contribution >= 0.6 is 23.4 Å². The largest absolute Gasteiger partial charge is 0.192 e. The van der Waals surface area contributed by atoms with Crippen LogP contribution in [0.25, 0.3) is 22.3 Å². The molecule has 0 bridgehead atoms. The van der Waals surface area contributed by atoms with Crippen molar-refractivity contribution >= 4 is 23.4 Å². The number of allylic oxidation sites excluding steroid dienone is 4. The molecule has 1 aliphatic heterocycles. The maximum atomic E-state index is 9.16. The van der Waals surface area contributed by atoms with Gasteiger partial charge in [0.1, 0.15) is 0 Å². The molecule has 41 heavy (non-hydrogen) atoms. The van der Waals surface area contributed by atoms with Gasteiger partial charge in [0.05, 0.1) is 17.0 Å². The Morgan fingerprint density at radius 2 is 1.34 bits per heavy atom. The summed E-state index contributed by atoms with van der Waals surface area (Å²) in [5.41, 5.74) is 10.4. The van der Waals surface area contributed by atoms with Gasteiger partial charge >= 0.3 is 0 Å². The summed E-state index contributed by atoms with van der Waals surface area (Å²) < 4.78 is 0. The molecule has 2 aliphatic carbocycles. The molecule has 1 spiro atoms. The highest BCUT2D eigenvalue weighted by Gasteiger charge is 2.57. The molecule has 0 radical (unpaired) electrons. The van der Waals surface area contributed by atoms with Crippen LogP contribution in [0.4, 0.5) is 0 Å². The molecule has 5 aromatic rings. The van der Waals surface area contributed by atoms with Crippen LogP contribution in [0.3, 0.4) is 0 Å². The summed E-state index contributed by atoms with van der Waals surface area (Å²) >= 11 is 8.88. The number of hydrogen-bond donors (Lipinski definition) is 0. The molecular formula is C38H24ClNS. The highest BCUT2D eigenvalue weighted by molar-refractivity contribution is 7.99. The molecule has 3 atom stereocenters. The minimum Gasteiger partial charge on any atom is -0.192 e. The fourth-order valence-corrected chi connectivity index (χ4v) is 8.91. The molecular weight excluding hydrogens is 538 g/mol. The number of halogens is 1. The Bertz CT molecular complexity index is 1940. The van der Waals surface area contributed by atoms with E-state index in [0.717, 1.165) is 16.2 Å². The molecule has 3 unspecified atom stereocenters. The van der Waals surface area contributed by atoms with Gasteiger partial charge in [-0.1, -0.05) is 133 Å². The van der Waals surface area contributed by atoms with E-state index in [-0.39, 0.29) is 17.3 Å². The minimum atomic E-state index is -0.332. The van der Waals surface area contributed by atoms with Crippen molar-refractivity contribution < 1.29 is 0 Å². The first-order valence-corrected chi connectivity index (χ1v) is 15.0. The highest BCUT2D eigenvalue weighted by atomic mass is 35.5. The Labute approximate surface area is 249 Å². The number of hydrogen-bond acceptors (Lipinski definition) is 2. The van der Waals surface area contributed by atoms with Gasteiger partial charge in [-0.3, -0.25) is 0 Å². The lowest BCUT2D eigenvalue weighted by molar-refractivity contribution is 0.439. The summed E-state index contributed by atoms with van der Waals surface area (Å²) in [7, 11) is 0. The number of benzene rings is 5. The molecule has 0 saturated carbocycles. The lowest BCUT2D eigenvalue weighted by Crippen LogP contribution is -2.38. The molecule has 0 N–H and O–H groups in total. The predicted octanol–water partition coefficient (Wildman–Crippen LogP) is 10.1. The van der Waals surface area contributed by atoms with Crippen LogP contribution in [-0.2, 0) is 5.41 Å².